The van der Waals surface area contributed by atoms with Gasteiger partial charge in [0.25, 0.3) is 0 Å². The lowest BCUT2D eigenvalue weighted by atomic mass is 9.92. The normalized spacial score (nSPS) is 18.4. The van der Waals surface area contributed by atoms with E-state index in [4.69, 9.17) is 10.5 Å². The number of primary amides is 1. The third-order valence-corrected chi connectivity index (χ3v) is 6.35. The Morgan fingerprint density at radius 1 is 1.25 bits per heavy atom. The van der Waals surface area contributed by atoms with Crippen molar-refractivity contribution in [2.75, 3.05) is 56.2 Å². The molecule has 0 aliphatic carbocycles. The first-order valence-electron chi connectivity index (χ1n) is 11.8. The molecule has 11 heteroatoms. The van der Waals surface area contributed by atoms with Gasteiger partial charge < -0.3 is 30.7 Å². The van der Waals surface area contributed by atoms with Crippen LogP contribution in [0.2, 0.25) is 0 Å². The number of benzene rings is 1. The number of halogens is 3. The van der Waals surface area contributed by atoms with Crippen molar-refractivity contribution in [1.82, 2.24) is 9.88 Å². The first kappa shape index (κ1) is 25.8. The van der Waals surface area contributed by atoms with Gasteiger partial charge in [0.1, 0.15) is 11.6 Å². The molecule has 0 bridgehead atoms. The Labute approximate surface area is 207 Å². The van der Waals surface area contributed by atoms with Crippen molar-refractivity contribution in [1.29, 1.82) is 0 Å². The molecule has 3 heterocycles. The molecule has 1 unspecified atom stereocenters. The van der Waals surface area contributed by atoms with Gasteiger partial charge in [-0.15, -0.1) is 0 Å². The number of nitrogens with two attached hydrogens (primary N) is 1. The summed E-state index contributed by atoms with van der Waals surface area (Å²) in [6, 6.07) is 7.51. The van der Waals surface area contributed by atoms with Crippen molar-refractivity contribution in [3.8, 4) is 11.1 Å². The lowest BCUT2D eigenvalue weighted by molar-refractivity contribution is -0.128. The summed E-state index contributed by atoms with van der Waals surface area (Å²) < 4.78 is 45.3. The highest BCUT2D eigenvalue weighted by Crippen LogP contribution is 2.41. The lowest BCUT2D eigenvalue weighted by Gasteiger charge is -2.29. The number of aryl methyl sites for hydroxylation is 1. The Balaban J connectivity index is 1.76. The largest absolute Gasteiger partial charge is 0.395 e. The summed E-state index contributed by atoms with van der Waals surface area (Å²) in [4.78, 5) is 20.1. The Morgan fingerprint density at radius 2 is 2.00 bits per heavy atom. The quantitative estimate of drug-likeness (QED) is 0.497. The van der Waals surface area contributed by atoms with Crippen LogP contribution in [0.15, 0.2) is 42.0 Å². The molecular weight excluding hydrogens is 475 g/mol. The van der Waals surface area contributed by atoms with E-state index in [1.54, 1.807) is 6.07 Å². The van der Waals surface area contributed by atoms with E-state index in [9.17, 15) is 23.1 Å². The van der Waals surface area contributed by atoms with Crippen LogP contribution in [0.4, 0.5) is 29.6 Å². The molecule has 1 fully saturated rings. The van der Waals surface area contributed by atoms with Crippen LogP contribution in [0.25, 0.3) is 11.1 Å². The van der Waals surface area contributed by atoms with Gasteiger partial charge in [-0.3, -0.25) is 0 Å². The van der Waals surface area contributed by atoms with Crippen LogP contribution in [0.5, 0.6) is 0 Å². The maximum absolute atomic E-state index is 13.3. The predicted molar refractivity (Wildman–Crippen MR) is 131 cm³/mol. The number of carbonyl (C=O) groups is 1. The molecule has 1 saturated heterocycles. The SMILES string of the molecule is Cc1ccc(C2C(CC(F)(F)F)=CCN2C(N)=O)cc1-c1cc(NCCO)nc(N2CCOCC2)c1. The molecule has 0 spiro atoms. The van der Waals surface area contributed by atoms with Crippen LogP contribution in [0, 0.1) is 6.92 Å². The standard InChI is InChI=1S/C25H30F3N5O3/c1-16-2-3-17(23-18(15-25(26,27)28)4-6-33(23)24(29)35)12-20(16)19-13-21(30-5-9-34)31-22(14-19)32-7-10-36-11-8-32/h2-4,12-14,23,34H,5-11,15H2,1H3,(H2,29,35)(H,30,31). The Morgan fingerprint density at radius 3 is 2.67 bits per heavy atom. The minimum atomic E-state index is -4.41. The number of aliphatic hydroxyl groups is 1. The second-order valence-electron chi connectivity index (χ2n) is 8.89. The van der Waals surface area contributed by atoms with Gasteiger partial charge in [-0.1, -0.05) is 18.2 Å². The number of nitrogens with one attached hydrogen (secondary N) is 1. The number of carbonyl (C=O) groups excluding carboxylic acids is 1. The molecule has 2 aliphatic heterocycles. The van der Waals surface area contributed by atoms with Gasteiger partial charge in [0.05, 0.1) is 32.3 Å². The average molecular weight is 506 g/mol. The third kappa shape index (κ3) is 5.90. The summed E-state index contributed by atoms with van der Waals surface area (Å²) in [5.74, 6) is 1.31. The van der Waals surface area contributed by atoms with Crippen molar-refractivity contribution >= 4 is 17.7 Å². The lowest BCUT2D eigenvalue weighted by Crippen LogP contribution is -2.37. The summed E-state index contributed by atoms with van der Waals surface area (Å²) in [6.07, 6.45) is -4.09. The van der Waals surface area contributed by atoms with Crippen LogP contribution >= 0.6 is 0 Å². The Bertz CT molecular complexity index is 1130. The number of hydrogen-bond donors (Lipinski definition) is 3. The first-order chi connectivity index (χ1) is 17.2. The number of alkyl halides is 3. The molecule has 0 radical (unpaired) electrons. The fourth-order valence-corrected chi connectivity index (χ4v) is 4.67. The molecule has 0 saturated carbocycles. The monoisotopic (exact) mass is 505 g/mol. The number of urea groups is 1. The van der Waals surface area contributed by atoms with Gasteiger partial charge in [0, 0.05) is 26.2 Å². The summed E-state index contributed by atoms with van der Waals surface area (Å²) in [7, 11) is 0. The zero-order chi connectivity index (χ0) is 25.9. The molecular formula is C25H30F3N5O3. The average Bonchev–Trinajstić information content (AvgIpc) is 3.25. The van der Waals surface area contributed by atoms with Crippen LogP contribution in [-0.4, -0.2) is 73.2 Å². The number of ether oxygens (including phenoxy) is 1. The van der Waals surface area contributed by atoms with E-state index in [2.05, 4.69) is 15.2 Å². The van der Waals surface area contributed by atoms with Crippen LogP contribution in [0.1, 0.15) is 23.6 Å². The zero-order valence-corrected chi connectivity index (χ0v) is 20.0. The third-order valence-electron chi connectivity index (χ3n) is 6.35. The molecule has 1 atom stereocenters. The molecule has 194 valence electrons. The van der Waals surface area contributed by atoms with Crippen molar-refractivity contribution < 1.29 is 27.8 Å². The van der Waals surface area contributed by atoms with Gasteiger partial charge in [0.2, 0.25) is 0 Å². The highest BCUT2D eigenvalue weighted by molar-refractivity contribution is 5.76. The summed E-state index contributed by atoms with van der Waals surface area (Å²) in [6.45, 7) is 4.72. The molecule has 1 aromatic carbocycles. The van der Waals surface area contributed by atoms with Crippen molar-refractivity contribution in [2.24, 2.45) is 5.73 Å². The van der Waals surface area contributed by atoms with E-state index >= 15 is 0 Å². The van der Waals surface area contributed by atoms with Crippen LogP contribution in [-0.2, 0) is 4.74 Å². The smallest absolute Gasteiger partial charge is 0.392 e. The van der Waals surface area contributed by atoms with E-state index in [1.807, 2.05) is 31.2 Å². The molecule has 4 N–H and O–H groups in total. The van der Waals surface area contributed by atoms with Crippen LogP contribution < -0.4 is 16.0 Å². The van der Waals surface area contributed by atoms with Gasteiger partial charge in [-0.2, -0.15) is 13.2 Å². The Kier molecular flexibility index (Phi) is 7.70. The zero-order valence-electron chi connectivity index (χ0n) is 20.0. The fourth-order valence-electron chi connectivity index (χ4n) is 4.67. The van der Waals surface area contributed by atoms with Crippen molar-refractivity contribution in [2.45, 2.75) is 25.6 Å². The van der Waals surface area contributed by atoms with Crippen LogP contribution in [0.3, 0.4) is 0 Å². The second kappa shape index (κ2) is 10.8. The molecule has 4 rings (SSSR count). The predicted octanol–water partition coefficient (Wildman–Crippen LogP) is 3.61. The summed E-state index contributed by atoms with van der Waals surface area (Å²) >= 11 is 0. The molecule has 2 amide bonds. The molecule has 2 aliphatic rings. The van der Waals surface area contributed by atoms with E-state index in [0.29, 0.717) is 44.2 Å². The molecule has 2 aromatic rings. The minimum Gasteiger partial charge on any atom is -0.395 e. The number of rotatable bonds is 7. The second-order valence-corrected chi connectivity index (χ2v) is 8.89. The highest BCUT2D eigenvalue weighted by Gasteiger charge is 2.38. The number of anilines is 2. The van der Waals surface area contributed by atoms with E-state index in [1.165, 1.54) is 11.0 Å². The topological polar surface area (TPSA) is 104 Å². The number of aliphatic hydroxyl groups excluding tert-OH is 1. The summed E-state index contributed by atoms with van der Waals surface area (Å²) in [5, 5.41) is 12.4. The van der Waals surface area contributed by atoms with Gasteiger partial charge in [-0.05, 0) is 52.9 Å². The molecule has 8 nitrogen and oxygen atoms in total. The van der Waals surface area contributed by atoms with E-state index in [0.717, 1.165) is 22.5 Å². The maximum atomic E-state index is 13.3. The van der Waals surface area contributed by atoms with Gasteiger partial charge >= 0.3 is 12.2 Å². The molecule has 36 heavy (non-hydrogen) atoms. The van der Waals surface area contributed by atoms with Crippen molar-refractivity contribution in [3.05, 3.63) is 53.1 Å². The Hall–Kier alpha value is -3.31. The van der Waals surface area contributed by atoms with E-state index in [-0.39, 0.29) is 18.7 Å². The number of morpholine rings is 1. The fraction of sp³-hybridized carbons (Fsp3) is 0.440. The van der Waals surface area contributed by atoms with Gasteiger partial charge in [0.15, 0.2) is 0 Å². The maximum Gasteiger partial charge on any atom is 0.392 e. The number of pyridine rings is 1. The number of amides is 2. The molecule has 1 aromatic heterocycles. The highest BCUT2D eigenvalue weighted by atomic mass is 19.4. The number of aromatic nitrogens is 1. The first-order valence-corrected chi connectivity index (χ1v) is 11.8. The summed E-state index contributed by atoms with van der Waals surface area (Å²) in [5.41, 5.74) is 8.71. The number of hydrogen-bond acceptors (Lipinski definition) is 6. The van der Waals surface area contributed by atoms with Gasteiger partial charge in [-0.25, -0.2) is 9.78 Å². The number of nitrogens with zero attached hydrogens (tertiary/aromatic N) is 3. The minimum absolute atomic E-state index is 0.0281. The van der Waals surface area contributed by atoms with E-state index < -0.39 is 24.7 Å². The van der Waals surface area contributed by atoms with Crippen molar-refractivity contribution in [3.63, 3.8) is 0 Å².